The van der Waals surface area contributed by atoms with E-state index in [2.05, 4.69) is 0 Å². The van der Waals surface area contributed by atoms with Gasteiger partial charge in [0.15, 0.2) is 0 Å². The Balaban J connectivity index is 1.68. The molecular formula is C21H28FNO7S. The Labute approximate surface area is 181 Å². The van der Waals surface area contributed by atoms with Crippen LogP contribution in [0.3, 0.4) is 0 Å². The molecule has 1 aliphatic rings. The SMILES string of the molecule is CC(C)C(CS(=O)(=O)F)c1ccc(OCCCCCC(=O)ON2C(=O)CCC2=O)cc1. The summed E-state index contributed by atoms with van der Waals surface area (Å²) in [5.41, 5.74) is 0.733. The van der Waals surface area contributed by atoms with Gasteiger partial charge >= 0.3 is 16.2 Å². The highest BCUT2D eigenvalue weighted by atomic mass is 32.3. The molecule has 0 N–H and O–H groups in total. The monoisotopic (exact) mass is 457 g/mol. The van der Waals surface area contributed by atoms with Crippen LogP contribution in [0.2, 0.25) is 0 Å². The molecule has 1 unspecified atom stereocenters. The van der Waals surface area contributed by atoms with Gasteiger partial charge in [-0.15, -0.1) is 8.95 Å². The minimum absolute atomic E-state index is 0.0364. The lowest BCUT2D eigenvalue weighted by molar-refractivity contribution is -0.197. The highest BCUT2D eigenvalue weighted by Crippen LogP contribution is 2.28. The number of hydrogen-bond donors (Lipinski definition) is 0. The molecular weight excluding hydrogens is 429 g/mol. The molecule has 0 aliphatic carbocycles. The lowest BCUT2D eigenvalue weighted by Crippen LogP contribution is -2.31. The molecule has 0 radical (unpaired) electrons. The van der Waals surface area contributed by atoms with Crippen LogP contribution in [-0.2, 0) is 29.4 Å². The molecule has 2 amide bonds. The first kappa shape index (κ1) is 24.8. The van der Waals surface area contributed by atoms with Crippen molar-refractivity contribution in [2.24, 2.45) is 5.92 Å². The van der Waals surface area contributed by atoms with Crippen LogP contribution in [0, 0.1) is 5.92 Å². The zero-order valence-corrected chi connectivity index (χ0v) is 18.5. The highest BCUT2D eigenvalue weighted by molar-refractivity contribution is 7.86. The van der Waals surface area contributed by atoms with Crippen molar-refractivity contribution >= 4 is 28.0 Å². The maximum Gasteiger partial charge on any atom is 0.333 e. The van der Waals surface area contributed by atoms with Gasteiger partial charge in [0.05, 0.1) is 12.4 Å². The molecule has 0 bridgehead atoms. The van der Waals surface area contributed by atoms with Crippen LogP contribution in [0.15, 0.2) is 24.3 Å². The summed E-state index contributed by atoms with van der Waals surface area (Å²) in [6.07, 6.45) is 2.14. The summed E-state index contributed by atoms with van der Waals surface area (Å²) in [5, 5.41) is 0.544. The first-order chi connectivity index (χ1) is 14.6. The average molecular weight is 458 g/mol. The first-order valence-corrected chi connectivity index (χ1v) is 11.8. The van der Waals surface area contributed by atoms with Gasteiger partial charge in [0.2, 0.25) is 0 Å². The fourth-order valence-electron chi connectivity index (χ4n) is 3.24. The zero-order chi connectivity index (χ0) is 23.0. The molecule has 0 saturated carbocycles. The van der Waals surface area contributed by atoms with E-state index in [1.54, 1.807) is 24.3 Å². The standard InChI is InChI=1S/C21H28FNO7S/c1-15(2)18(14-31(22,27)28)16-7-9-17(10-8-16)29-13-5-3-4-6-21(26)30-23-19(24)11-12-20(23)25/h7-10,15,18H,3-6,11-14H2,1-2H3. The normalized spacial score (nSPS) is 15.4. The van der Waals surface area contributed by atoms with Gasteiger partial charge in [0.1, 0.15) is 5.75 Å². The van der Waals surface area contributed by atoms with Gasteiger partial charge in [-0.25, -0.2) is 4.79 Å². The maximum absolute atomic E-state index is 13.1. The van der Waals surface area contributed by atoms with Crippen LogP contribution >= 0.6 is 0 Å². The van der Waals surface area contributed by atoms with E-state index >= 15 is 0 Å². The van der Waals surface area contributed by atoms with Crippen molar-refractivity contribution in [2.45, 2.75) is 58.3 Å². The number of amides is 2. The van der Waals surface area contributed by atoms with E-state index in [0.29, 0.717) is 36.7 Å². The molecule has 0 spiro atoms. The number of hydroxylamine groups is 2. The van der Waals surface area contributed by atoms with Crippen molar-refractivity contribution in [1.29, 1.82) is 0 Å². The summed E-state index contributed by atoms with van der Waals surface area (Å²) in [5.74, 6) is -2.02. The van der Waals surface area contributed by atoms with Crippen molar-refractivity contribution in [3.05, 3.63) is 29.8 Å². The van der Waals surface area contributed by atoms with E-state index in [9.17, 15) is 26.7 Å². The second kappa shape index (κ2) is 11.2. The van der Waals surface area contributed by atoms with Gasteiger partial charge in [-0.05, 0) is 42.9 Å². The summed E-state index contributed by atoms with van der Waals surface area (Å²) < 4.78 is 40.8. The fourth-order valence-corrected chi connectivity index (χ4v) is 4.25. The van der Waals surface area contributed by atoms with Crippen molar-refractivity contribution < 1.29 is 36.3 Å². The minimum atomic E-state index is -4.57. The smallest absolute Gasteiger partial charge is 0.333 e. The minimum Gasteiger partial charge on any atom is -0.494 e. The van der Waals surface area contributed by atoms with Gasteiger partial charge < -0.3 is 9.57 Å². The molecule has 1 fully saturated rings. The van der Waals surface area contributed by atoms with Gasteiger partial charge in [-0.2, -0.15) is 8.42 Å². The van der Waals surface area contributed by atoms with E-state index in [1.807, 2.05) is 13.8 Å². The van der Waals surface area contributed by atoms with Gasteiger partial charge in [0, 0.05) is 25.2 Å². The molecule has 2 rings (SSSR count). The number of rotatable bonds is 12. The van der Waals surface area contributed by atoms with Gasteiger partial charge in [-0.1, -0.05) is 26.0 Å². The summed E-state index contributed by atoms with van der Waals surface area (Å²) >= 11 is 0. The summed E-state index contributed by atoms with van der Waals surface area (Å²) in [6, 6.07) is 6.91. The van der Waals surface area contributed by atoms with E-state index < -0.39 is 39.7 Å². The van der Waals surface area contributed by atoms with E-state index in [-0.39, 0.29) is 25.2 Å². The number of imide groups is 1. The third kappa shape index (κ3) is 8.28. The van der Waals surface area contributed by atoms with E-state index in [4.69, 9.17) is 9.57 Å². The Morgan fingerprint density at radius 3 is 2.23 bits per heavy atom. The van der Waals surface area contributed by atoms with Crippen LogP contribution in [0.1, 0.15) is 63.9 Å². The van der Waals surface area contributed by atoms with Gasteiger partial charge in [0.25, 0.3) is 11.8 Å². The zero-order valence-electron chi connectivity index (χ0n) is 17.7. The Morgan fingerprint density at radius 1 is 1.06 bits per heavy atom. The second-order valence-electron chi connectivity index (χ2n) is 7.83. The molecule has 1 aromatic rings. The quantitative estimate of drug-likeness (QED) is 0.269. The number of unbranched alkanes of at least 4 members (excludes halogenated alkanes) is 2. The number of nitrogens with zero attached hydrogens (tertiary/aromatic N) is 1. The van der Waals surface area contributed by atoms with Crippen molar-refractivity contribution in [2.75, 3.05) is 12.4 Å². The van der Waals surface area contributed by atoms with Crippen LogP contribution in [-0.4, -0.2) is 43.6 Å². The number of hydrogen-bond acceptors (Lipinski definition) is 7. The molecule has 8 nitrogen and oxygen atoms in total. The molecule has 31 heavy (non-hydrogen) atoms. The van der Waals surface area contributed by atoms with Crippen LogP contribution in [0.4, 0.5) is 3.89 Å². The number of carbonyl (C=O) groups is 3. The summed E-state index contributed by atoms with van der Waals surface area (Å²) in [7, 11) is -4.57. The summed E-state index contributed by atoms with van der Waals surface area (Å²) in [4.78, 5) is 39.3. The third-order valence-electron chi connectivity index (χ3n) is 4.98. The molecule has 1 saturated heterocycles. The van der Waals surface area contributed by atoms with Crippen molar-refractivity contribution in [1.82, 2.24) is 5.06 Å². The van der Waals surface area contributed by atoms with Crippen LogP contribution in [0.5, 0.6) is 5.75 Å². The van der Waals surface area contributed by atoms with Crippen molar-refractivity contribution in [3.63, 3.8) is 0 Å². The average Bonchev–Trinajstić information content (AvgIpc) is 3.00. The fraction of sp³-hybridized carbons (Fsp3) is 0.571. The molecule has 1 heterocycles. The lowest BCUT2D eigenvalue weighted by atomic mass is 9.90. The molecule has 1 aliphatic heterocycles. The number of carbonyl (C=O) groups excluding carboxylic acids is 3. The molecule has 10 heteroatoms. The molecule has 1 aromatic carbocycles. The van der Waals surface area contributed by atoms with Crippen LogP contribution < -0.4 is 4.74 Å². The topological polar surface area (TPSA) is 107 Å². The molecule has 0 aromatic heterocycles. The second-order valence-corrected chi connectivity index (χ2v) is 9.24. The maximum atomic E-state index is 13.1. The Morgan fingerprint density at radius 2 is 1.68 bits per heavy atom. The predicted octanol–water partition coefficient (Wildman–Crippen LogP) is 3.27. The number of benzene rings is 1. The highest BCUT2D eigenvalue weighted by Gasteiger charge is 2.32. The summed E-state index contributed by atoms with van der Waals surface area (Å²) in [6.45, 7) is 4.11. The van der Waals surface area contributed by atoms with E-state index in [0.717, 1.165) is 5.56 Å². The number of ether oxygens (including phenoxy) is 1. The first-order valence-electron chi connectivity index (χ1n) is 10.3. The Kier molecular flexibility index (Phi) is 8.97. The lowest BCUT2D eigenvalue weighted by Gasteiger charge is -2.19. The van der Waals surface area contributed by atoms with Gasteiger partial charge in [-0.3, -0.25) is 9.59 Å². The van der Waals surface area contributed by atoms with E-state index in [1.165, 1.54) is 0 Å². The predicted molar refractivity (Wildman–Crippen MR) is 110 cm³/mol. The molecule has 172 valence electrons. The Bertz CT molecular complexity index is 867. The number of halogens is 1. The third-order valence-corrected chi connectivity index (χ3v) is 5.74. The molecule has 1 atom stereocenters. The largest absolute Gasteiger partial charge is 0.494 e. The Hall–Kier alpha value is -2.49. The van der Waals surface area contributed by atoms with Crippen LogP contribution in [0.25, 0.3) is 0 Å². The van der Waals surface area contributed by atoms with Crippen molar-refractivity contribution in [3.8, 4) is 5.75 Å².